The number of amides is 1. The Balaban J connectivity index is 0.000000821. The van der Waals surface area contributed by atoms with Crippen molar-refractivity contribution in [2.75, 3.05) is 5.32 Å². The summed E-state index contributed by atoms with van der Waals surface area (Å²) in [6.45, 7) is 12.9. The van der Waals surface area contributed by atoms with Crippen LogP contribution in [0.25, 0.3) is 16.8 Å². The van der Waals surface area contributed by atoms with Crippen LogP contribution in [0, 0.1) is 0 Å². The molecular weight excluding hydrogens is 548 g/mol. The summed E-state index contributed by atoms with van der Waals surface area (Å²) in [5, 5.41) is 18.6. The average molecular weight is 599 g/mol. The molecule has 0 heterocycles. The molecule has 0 saturated carbocycles. The van der Waals surface area contributed by atoms with E-state index in [2.05, 4.69) is 57.5 Å². The van der Waals surface area contributed by atoms with Gasteiger partial charge in [-0.2, -0.15) is 12.6 Å². The molecule has 0 aliphatic rings. The van der Waals surface area contributed by atoms with E-state index in [-0.39, 0.29) is 11.7 Å². The van der Waals surface area contributed by atoms with Crippen LogP contribution in [0.1, 0.15) is 101 Å². The Morgan fingerprint density at radius 2 is 1.49 bits per heavy atom. The van der Waals surface area contributed by atoms with Gasteiger partial charge < -0.3 is 15.7 Å². The molecule has 3 rings (SSSR count). The minimum absolute atomic E-state index is 0.0315. The third kappa shape index (κ3) is 12.2. The molecule has 0 atom stereocenters. The van der Waals surface area contributed by atoms with Crippen LogP contribution in [-0.4, -0.2) is 11.0 Å². The number of carbonyl (C=O) groups excluding carboxylic acids is 1. The Labute approximate surface area is 265 Å². The molecule has 0 fully saturated rings. The zero-order chi connectivity index (χ0) is 31.5. The van der Waals surface area contributed by atoms with Gasteiger partial charge in [-0.15, -0.1) is 0 Å². The zero-order valence-corrected chi connectivity index (χ0v) is 27.4. The zero-order valence-electron chi connectivity index (χ0n) is 26.5. The molecule has 5 heteroatoms. The van der Waals surface area contributed by atoms with Crippen molar-refractivity contribution in [3.63, 3.8) is 0 Å². The lowest BCUT2D eigenvalue weighted by atomic mass is 9.99. The number of rotatable bonds is 15. The van der Waals surface area contributed by atoms with E-state index in [1.54, 1.807) is 23.6 Å². The summed E-state index contributed by atoms with van der Waals surface area (Å²) in [5.41, 5.74) is 6.19. The van der Waals surface area contributed by atoms with E-state index in [9.17, 15) is 9.90 Å². The van der Waals surface area contributed by atoms with Crippen molar-refractivity contribution in [1.29, 1.82) is 0 Å². The molecule has 0 aliphatic carbocycles. The van der Waals surface area contributed by atoms with Crippen LogP contribution in [0.2, 0.25) is 0 Å². The molecule has 1 amide bonds. The van der Waals surface area contributed by atoms with Gasteiger partial charge in [-0.1, -0.05) is 127 Å². The average Bonchev–Trinajstić information content (AvgIpc) is 3.02. The molecule has 0 spiro atoms. The molecular formula is C38H50N2O2S. The number of nitrogens with one attached hydrogen (secondary N) is 2. The molecule has 0 radical (unpaired) electrons. The Morgan fingerprint density at radius 1 is 0.860 bits per heavy atom. The van der Waals surface area contributed by atoms with Gasteiger partial charge in [-0.3, -0.25) is 4.79 Å². The summed E-state index contributed by atoms with van der Waals surface area (Å²) in [7, 11) is 0. The Hall–Kier alpha value is -3.70. The van der Waals surface area contributed by atoms with Crippen molar-refractivity contribution in [3.8, 4) is 16.9 Å². The van der Waals surface area contributed by atoms with Gasteiger partial charge in [0.2, 0.25) is 0 Å². The van der Waals surface area contributed by atoms with E-state index in [4.69, 9.17) is 0 Å². The number of carbonyl (C=O) groups is 1. The van der Waals surface area contributed by atoms with Gasteiger partial charge in [-0.25, -0.2) is 0 Å². The van der Waals surface area contributed by atoms with Gasteiger partial charge in [0.25, 0.3) is 5.91 Å². The van der Waals surface area contributed by atoms with Gasteiger partial charge >= 0.3 is 0 Å². The quantitative estimate of drug-likeness (QED) is 0.0609. The molecule has 230 valence electrons. The second-order valence-corrected chi connectivity index (χ2v) is 11.0. The summed E-state index contributed by atoms with van der Waals surface area (Å²) < 4.78 is 0. The Kier molecular flexibility index (Phi) is 16.7. The van der Waals surface area contributed by atoms with Crippen LogP contribution in [0.15, 0.2) is 102 Å². The molecule has 3 aromatic carbocycles. The minimum Gasteiger partial charge on any atom is -0.506 e. The number of phenols is 1. The highest BCUT2D eigenvalue weighted by atomic mass is 32.1. The lowest BCUT2D eigenvalue weighted by Gasteiger charge is -2.16. The minimum atomic E-state index is -0.290. The van der Waals surface area contributed by atoms with E-state index in [0.29, 0.717) is 16.9 Å². The first-order valence-electron chi connectivity index (χ1n) is 15.6. The van der Waals surface area contributed by atoms with Crippen molar-refractivity contribution in [2.24, 2.45) is 0 Å². The first-order valence-corrected chi connectivity index (χ1v) is 16.1. The predicted molar refractivity (Wildman–Crippen MR) is 190 cm³/mol. The van der Waals surface area contributed by atoms with Crippen LogP contribution in [0.4, 0.5) is 5.69 Å². The molecule has 0 unspecified atom stereocenters. The summed E-state index contributed by atoms with van der Waals surface area (Å²) in [4.78, 5) is 13.1. The number of benzene rings is 3. The lowest BCUT2D eigenvalue weighted by molar-refractivity contribution is 0.102. The van der Waals surface area contributed by atoms with Crippen LogP contribution in [0.5, 0.6) is 5.75 Å². The first-order chi connectivity index (χ1) is 20.9. The van der Waals surface area contributed by atoms with Crippen LogP contribution in [0.3, 0.4) is 0 Å². The monoisotopic (exact) mass is 598 g/mol. The number of anilines is 1. The Bertz CT molecular complexity index is 1340. The third-order valence-corrected chi connectivity index (χ3v) is 7.35. The van der Waals surface area contributed by atoms with E-state index >= 15 is 0 Å². The van der Waals surface area contributed by atoms with E-state index in [1.807, 2.05) is 60.7 Å². The van der Waals surface area contributed by atoms with Crippen LogP contribution >= 0.6 is 12.6 Å². The fourth-order valence-electron chi connectivity index (χ4n) is 4.62. The van der Waals surface area contributed by atoms with Gasteiger partial charge in [0, 0.05) is 22.5 Å². The number of hydrogen-bond acceptors (Lipinski definition) is 4. The lowest BCUT2D eigenvalue weighted by Crippen LogP contribution is -2.14. The third-order valence-electron chi connectivity index (χ3n) is 7.20. The number of aromatic hydroxyl groups is 1. The molecule has 3 aromatic rings. The van der Waals surface area contributed by atoms with Crippen molar-refractivity contribution in [3.05, 3.63) is 113 Å². The van der Waals surface area contributed by atoms with Gasteiger partial charge in [0.15, 0.2) is 0 Å². The van der Waals surface area contributed by atoms with Crippen LogP contribution in [-0.2, 0) is 0 Å². The normalized spacial score (nSPS) is 11.4. The highest BCUT2D eigenvalue weighted by Crippen LogP contribution is 2.29. The summed E-state index contributed by atoms with van der Waals surface area (Å²) in [6.07, 6.45) is 13.4. The Morgan fingerprint density at radius 3 is 2.12 bits per heavy atom. The maximum Gasteiger partial charge on any atom is 0.256 e. The van der Waals surface area contributed by atoms with Crippen molar-refractivity contribution in [2.45, 2.75) is 85.5 Å². The number of phenolic OH excluding ortho intramolecular Hbond substituents is 1. The summed E-state index contributed by atoms with van der Waals surface area (Å²) in [5.74, 6) is -0.322. The molecule has 0 bridgehead atoms. The molecule has 43 heavy (non-hydrogen) atoms. The van der Waals surface area contributed by atoms with Crippen molar-refractivity contribution >= 4 is 29.9 Å². The molecule has 0 aromatic heterocycles. The highest BCUT2D eigenvalue weighted by Gasteiger charge is 2.15. The first kappa shape index (κ1) is 35.5. The topological polar surface area (TPSA) is 61.4 Å². The second-order valence-electron chi connectivity index (χ2n) is 10.7. The predicted octanol–water partition coefficient (Wildman–Crippen LogP) is 11.1. The van der Waals surface area contributed by atoms with E-state index in [0.717, 1.165) is 35.2 Å². The molecule has 0 saturated heterocycles. The highest BCUT2D eigenvalue weighted by molar-refractivity contribution is 7.83. The smallest absolute Gasteiger partial charge is 0.256 e. The van der Waals surface area contributed by atoms with Crippen molar-refractivity contribution < 1.29 is 9.90 Å². The van der Waals surface area contributed by atoms with Gasteiger partial charge in [0.1, 0.15) is 5.75 Å². The SMILES string of the molecule is C=C(NC(/C=C\S)=C(/C)CCCCC)c1ccc(NC(=O)c2ccccc2-c2ccccc2)c(O)c1.CCCCCCC. The van der Waals surface area contributed by atoms with E-state index in [1.165, 1.54) is 50.5 Å². The maximum atomic E-state index is 13.1. The summed E-state index contributed by atoms with van der Waals surface area (Å²) >= 11 is 4.23. The fourth-order valence-corrected chi connectivity index (χ4v) is 4.77. The molecule has 0 aliphatic heterocycles. The second kappa shape index (κ2) is 20.2. The number of thiol groups is 1. The van der Waals surface area contributed by atoms with E-state index < -0.39 is 0 Å². The van der Waals surface area contributed by atoms with Gasteiger partial charge in [-0.05, 0) is 66.1 Å². The fraction of sp³-hybridized carbons (Fsp3) is 0.342. The van der Waals surface area contributed by atoms with Crippen molar-refractivity contribution in [1.82, 2.24) is 5.32 Å². The standard InChI is InChI=1S/C31H34N2O2S.C7H16/c1-4-5-7-12-22(2)28(19-20-36)32-23(3)25-17-18-29(30(34)21-25)33-31(35)27-16-11-10-15-26(27)24-13-8-6-9-14-24;1-3-5-7-6-4-2/h6,8-11,13-21,32,34,36H,3-5,7,12H2,1-2H3,(H,33,35);3-7H2,1-2H3/b20-19-,28-22-;. The number of hydrogen-bond donors (Lipinski definition) is 4. The number of allylic oxidation sites excluding steroid dienone is 2. The van der Waals surface area contributed by atoms with Crippen LogP contribution < -0.4 is 10.6 Å². The maximum absolute atomic E-state index is 13.1. The number of unbranched alkanes of at least 4 members (excludes halogenated alkanes) is 6. The largest absolute Gasteiger partial charge is 0.506 e. The van der Waals surface area contributed by atoms with Gasteiger partial charge in [0.05, 0.1) is 5.69 Å². The molecule has 4 nitrogen and oxygen atoms in total. The molecule has 3 N–H and O–H groups in total. The summed E-state index contributed by atoms with van der Waals surface area (Å²) in [6, 6.07) is 22.3.